The number of nitrogens with zero attached hydrogens (tertiary/aromatic N) is 2. The minimum atomic E-state index is -0.390. The van der Waals surface area contributed by atoms with E-state index in [2.05, 4.69) is 22.8 Å². The molecule has 3 rings (SSSR count). The first-order valence-corrected chi connectivity index (χ1v) is 9.43. The third kappa shape index (κ3) is 5.07. The molecule has 0 unspecified atom stereocenters. The van der Waals surface area contributed by atoms with Gasteiger partial charge in [0.1, 0.15) is 12.4 Å². The fraction of sp³-hybridized carbons (Fsp3) is 0.227. The van der Waals surface area contributed by atoms with Crippen LogP contribution in [0.25, 0.3) is 17.1 Å². The summed E-state index contributed by atoms with van der Waals surface area (Å²) in [6.07, 6.45) is 5.94. The van der Waals surface area contributed by atoms with Crippen molar-refractivity contribution in [2.75, 3.05) is 0 Å². The second-order valence-corrected chi connectivity index (χ2v) is 6.49. The number of carbonyl (C=O) groups is 2. The van der Waals surface area contributed by atoms with Gasteiger partial charge in [-0.2, -0.15) is 0 Å². The summed E-state index contributed by atoms with van der Waals surface area (Å²) >= 11 is 0. The maximum Gasteiger partial charge on any atom is 0.262 e. The molecule has 28 heavy (non-hydrogen) atoms. The smallest absolute Gasteiger partial charge is 0.262 e. The van der Waals surface area contributed by atoms with Gasteiger partial charge in [0.2, 0.25) is 0 Å². The van der Waals surface area contributed by atoms with Crippen molar-refractivity contribution in [1.29, 1.82) is 0 Å². The Kier molecular flexibility index (Phi) is 6.57. The average Bonchev–Trinajstić information content (AvgIpc) is 3.07. The molecule has 6 heteroatoms. The fourth-order valence-corrected chi connectivity index (χ4v) is 2.92. The van der Waals surface area contributed by atoms with Crippen molar-refractivity contribution in [3.8, 4) is 0 Å². The number of aryl methyl sites for hydroxylation is 1. The van der Waals surface area contributed by atoms with E-state index in [0.29, 0.717) is 0 Å². The van der Waals surface area contributed by atoms with Crippen molar-refractivity contribution < 1.29 is 9.59 Å². The van der Waals surface area contributed by atoms with Crippen LogP contribution >= 0.6 is 0 Å². The van der Waals surface area contributed by atoms with Gasteiger partial charge in [0, 0.05) is 12.5 Å². The molecule has 3 aromatic rings. The number of carbonyl (C=O) groups excluding carboxylic acids is 2. The van der Waals surface area contributed by atoms with Crippen LogP contribution in [-0.4, -0.2) is 21.4 Å². The molecule has 6 nitrogen and oxygen atoms in total. The molecule has 0 spiro atoms. The lowest BCUT2D eigenvalue weighted by Crippen LogP contribution is -2.42. The van der Waals surface area contributed by atoms with E-state index in [-0.39, 0.29) is 18.4 Å². The zero-order valence-corrected chi connectivity index (χ0v) is 15.9. The van der Waals surface area contributed by atoms with Crippen molar-refractivity contribution in [2.45, 2.75) is 32.7 Å². The summed E-state index contributed by atoms with van der Waals surface area (Å²) in [5.41, 5.74) is 7.58. The van der Waals surface area contributed by atoms with E-state index in [9.17, 15) is 9.59 Å². The van der Waals surface area contributed by atoms with Gasteiger partial charge in [-0.05, 0) is 30.2 Å². The van der Waals surface area contributed by atoms with E-state index in [4.69, 9.17) is 0 Å². The number of hydrogen-bond donors (Lipinski definition) is 2. The third-order valence-corrected chi connectivity index (χ3v) is 4.34. The van der Waals surface area contributed by atoms with Gasteiger partial charge in [-0.25, -0.2) is 4.98 Å². The Morgan fingerprint density at radius 2 is 1.79 bits per heavy atom. The summed E-state index contributed by atoms with van der Waals surface area (Å²) in [6.45, 7) is 2.22. The lowest BCUT2D eigenvalue weighted by atomic mass is 10.2. The van der Waals surface area contributed by atoms with Crippen LogP contribution in [0.4, 0.5) is 0 Å². The first-order chi connectivity index (χ1) is 13.7. The lowest BCUT2D eigenvalue weighted by Gasteiger charge is -2.10. The summed E-state index contributed by atoms with van der Waals surface area (Å²) < 4.78 is 1.91. The summed E-state index contributed by atoms with van der Waals surface area (Å²) in [6, 6.07) is 17.2. The molecule has 1 heterocycles. The number of fused-ring (bicyclic) bond motifs is 1. The van der Waals surface area contributed by atoms with Crippen LogP contribution in [0.5, 0.6) is 0 Å². The molecule has 0 saturated carbocycles. The van der Waals surface area contributed by atoms with Gasteiger partial charge in [0.05, 0.1) is 11.0 Å². The van der Waals surface area contributed by atoms with Gasteiger partial charge < -0.3 is 4.57 Å². The van der Waals surface area contributed by atoms with Gasteiger partial charge in [-0.15, -0.1) is 0 Å². The van der Waals surface area contributed by atoms with Gasteiger partial charge in [-0.3, -0.25) is 20.4 Å². The number of amides is 2. The van der Waals surface area contributed by atoms with Crippen molar-refractivity contribution >= 4 is 28.9 Å². The molecule has 0 fully saturated rings. The van der Waals surface area contributed by atoms with Gasteiger partial charge in [0.25, 0.3) is 11.8 Å². The van der Waals surface area contributed by atoms with E-state index < -0.39 is 0 Å². The molecule has 0 aliphatic rings. The van der Waals surface area contributed by atoms with Crippen LogP contribution in [-0.2, 0) is 22.6 Å². The molecule has 0 bridgehead atoms. The summed E-state index contributed by atoms with van der Waals surface area (Å²) in [4.78, 5) is 28.9. The summed E-state index contributed by atoms with van der Waals surface area (Å²) in [7, 11) is 0. The number of nitrogens with one attached hydrogen (secondary N) is 2. The molecule has 2 aromatic carbocycles. The number of aromatic nitrogens is 2. The van der Waals surface area contributed by atoms with Gasteiger partial charge in [-0.1, -0.05) is 55.8 Å². The predicted molar refractivity (Wildman–Crippen MR) is 110 cm³/mol. The van der Waals surface area contributed by atoms with E-state index in [1.807, 2.05) is 59.2 Å². The highest BCUT2D eigenvalue weighted by molar-refractivity contribution is 5.93. The summed E-state index contributed by atoms with van der Waals surface area (Å²) in [5, 5.41) is 0. The van der Waals surface area contributed by atoms with E-state index in [0.717, 1.165) is 41.7 Å². The molecule has 2 N–H and O–H groups in total. The van der Waals surface area contributed by atoms with Crippen LogP contribution in [0.15, 0.2) is 60.7 Å². The standard InChI is InChI=1S/C22H24N4O2/c1-2-3-13-20-23-18-11-7-8-12-19(18)26(20)16-22(28)25-24-21(27)15-14-17-9-5-4-6-10-17/h4-12,14-15H,2-3,13,16H2,1H3,(H,24,27)(H,25,28)/b15-14+. The Labute approximate surface area is 164 Å². The minimum absolute atomic E-state index is 0.0994. The molecule has 144 valence electrons. The third-order valence-electron chi connectivity index (χ3n) is 4.34. The van der Waals surface area contributed by atoms with Crippen LogP contribution in [0.1, 0.15) is 31.2 Å². The lowest BCUT2D eigenvalue weighted by molar-refractivity contribution is -0.127. The van der Waals surface area contributed by atoms with Crippen molar-refractivity contribution in [3.63, 3.8) is 0 Å². The van der Waals surface area contributed by atoms with Crippen LogP contribution in [0.2, 0.25) is 0 Å². The van der Waals surface area contributed by atoms with Crippen LogP contribution in [0, 0.1) is 0 Å². The Hall–Kier alpha value is -3.41. The molecule has 0 saturated heterocycles. The number of unbranched alkanes of at least 4 members (excludes halogenated alkanes) is 1. The second kappa shape index (κ2) is 9.50. The number of hydrogen-bond acceptors (Lipinski definition) is 3. The predicted octanol–water partition coefficient (Wildman–Crippen LogP) is 3.24. The summed E-state index contributed by atoms with van der Waals surface area (Å²) in [5.74, 6) is 0.190. The average molecular weight is 376 g/mol. The van der Waals surface area contributed by atoms with Crippen molar-refractivity contribution in [3.05, 3.63) is 72.1 Å². The van der Waals surface area contributed by atoms with E-state index in [1.54, 1.807) is 6.08 Å². The Morgan fingerprint density at radius 3 is 2.57 bits per heavy atom. The number of imidazole rings is 1. The number of para-hydroxylation sites is 2. The maximum absolute atomic E-state index is 12.4. The largest absolute Gasteiger partial charge is 0.318 e. The van der Waals surface area contributed by atoms with E-state index in [1.165, 1.54) is 6.08 Å². The molecular weight excluding hydrogens is 352 g/mol. The number of hydrazine groups is 1. The molecule has 0 atom stereocenters. The SMILES string of the molecule is CCCCc1nc2ccccc2n1CC(=O)NNC(=O)/C=C/c1ccccc1. The van der Waals surface area contributed by atoms with Gasteiger partial charge >= 0.3 is 0 Å². The molecule has 1 aromatic heterocycles. The normalized spacial score (nSPS) is 11.0. The minimum Gasteiger partial charge on any atom is -0.318 e. The second-order valence-electron chi connectivity index (χ2n) is 6.49. The van der Waals surface area contributed by atoms with Crippen LogP contribution in [0.3, 0.4) is 0 Å². The zero-order valence-electron chi connectivity index (χ0n) is 15.9. The number of benzene rings is 2. The van der Waals surface area contributed by atoms with Gasteiger partial charge in [0.15, 0.2) is 0 Å². The highest BCUT2D eigenvalue weighted by Crippen LogP contribution is 2.17. The highest BCUT2D eigenvalue weighted by Gasteiger charge is 2.13. The maximum atomic E-state index is 12.4. The Bertz CT molecular complexity index is 977. The highest BCUT2D eigenvalue weighted by atomic mass is 16.2. The number of rotatable bonds is 7. The zero-order chi connectivity index (χ0) is 19.8. The van der Waals surface area contributed by atoms with Crippen LogP contribution < -0.4 is 10.9 Å². The molecular formula is C22H24N4O2. The van der Waals surface area contributed by atoms with Crippen molar-refractivity contribution in [2.24, 2.45) is 0 Å². The first kappa shape index (κ1) is 19.4. The topological polar surface area (TPSA) is 76.0 Å². The molecule has 0 radical (unpaired) electrons. The fourth-order valence-electron chi connectivity index (χ4n) is 2.92. The Morgan fingerprint density at radius 1 is 1.04 bits per heavy atom. The van der Waals surface area contributed by atoms with E-state index >= 15 is 0 Å². The molecule has 0 aliphatic carbocycles. The monoisotopic (exact) mass is 376 g/mol. The molecule has 0 aliphatic heterocycles. The Balaban J connectivity index is 1.61. The van der Waals surface area contributed by atoms with Crippen molar-refractivity contribution in [1.82, 2.24) is 20.4 Å². The quantitative estimate of drug-likeness (QED) is 0.491. The first-order valence-electron chi connectivity index (χ1n) is 9.43. The molecule has 2 amide bonds.